The van der Waals surface area contributed by atoms with Crippen molar-refractivity contribution in [3.05, 3.63) is 0 Å². The fourth-order valence-electron chi connectivity index (χ4n) is 5.06. The van der Waals surface area contributed by atoms with Crippen LogP contribution < -0.4 is 5.32 Å². The van der Waals surface area contributed by atoms with E-state index in [1.54, 1.807) is 4.90 Å². The maximum atomic E-state index is 13.4. The average molecular weight is 422 g/mol. The van der Waals surface area contributed by atoms with Crippen LogP contribution in [0.1, 0.15) is 65.7 Å². The predicted molar refractivity (Wildman–Crippen MR) is 111 cm³/mol. The van der Waals surface area contributed by atoms with Crippen molar-refractivity contribution in [1.29, 1.82) is 0 Å². The number of carbonyl (C=O) groups is 4. The fourth-order valence-corrected chi connectivity index (χ4v) is 5.06. The molecular weight excluding hydrogens is 386 g/mol. The molecule has 30 heavy (non-hydrogen) atoms. The Morgan fingerprint density at radius 1 is 1.20 bits per heavy atom. The van der Waals surface area contributed by atoms with Crippen LogP contribution in [-0.2, 0) is 19.1 Å². The highest BCUT2D eigenvalue weighted by atomic mass is 16.5. The number of hydrogen-bond acceptors (Lipinski definition) is 5. The molecule has 8 nitrogen and oxygen atoms in total. The number of ether oxygens (including phenoxy) is 1. The Morgan fingerprint density at radius 3 is 2.47 bits per heavy atom. The topological polar surface area (TPSA) is 96.0 Å². The first kappa shape index (κ1) is 22.7. The molecule has 0 aliphatic carbocycles. The van der Waals surface area contributed by atoms with Crippen molar-refractivity contribution in [2.45, 2.75) is 77.4 Å². The second kappa shape index (κ2) is 9.45. The number of imide groups is 1. The molecule has 0 bridgehead atoms. The summed E-state index contributed by atoms with van der Waals surface area (Å²) < 4.78 is 5.63. The van der Waals surface area contributed by atoms with Crippen LogP contribution in [0.15, 0.2) is 0 Å². The van der Waals surface area contributed by atoms with Crippen LogP contribution in [-0.4, -0.2) is 71.3 Å². The van der Waals surface area contributed by atoms with E-state index in [2.05, 4.69) is 5.32 Å². The summed E-state index contributed by atoms with van der Waals surface area (Å²) in [6.45, 7) is 7.70. The molecule has 3 aliphatic rings. The SMILES string of the molecule is CCC[C@@]1(C2CCN(C(=O)C(=O)CC(C)C)CC2)NC(=O)N(C[C@@H]2CCCO2)C1=O. The largest absolute Gasteiger partial charge is 0.376 e. The van der Waals surface area contributed by atoms with Crippen LogP contribution in [0.4, 0.5) is 4.79 Å². The number of Topliss-reactive ketones (excluding diaryl/α,β-unsaturated/α-hetero) is 1. The fraction of sp³-hybridized carbons (Fsp3) is 0.818. The van der Waals surface area contributed by atoms with Crippen LogP contribution in [0.25, 0.3) is 0 Å². The Bertz CT molecular complexity index is 680. The summed E-state index contributed by atoms with van der Waals surface area (Å²) in [5, 5.41) is 3.02. The van der Waals surface area contributed by atoms with Gasteiger partial charge in [-0.15, -0.1) is 0 Å². The van der Waals surface area contributed by atoms with Crippen molar-refractivity contribution in [3.8, 4) is 0 Å². The molecular formula is C22H35N3O5. The second-order valence-corrected chi connectivity index (χ2v) is 9.29. The van der Waals surface area contributed by atoms with Gasteiger partial charge in [-0.1, -0.05) is 27.2 Å². The molecule has 1 N–H and O–H groups in total. The number of nitrogens with one attached hydrogen (secondary N) is 1. The molecule has 3 aliphatic heterocycles. The molecule has 168 valence electrons. The van der Waals surface area contributed by atoms with Crippen molar-refractivity contribution in [3.63, 3.8) is 0 Å². The van der Waals surface area contributed by atoms with Crippen LogP contribution in [0.5, 0.6) is 0 Å². The summed E-state index contributed by atoms with van der Waals surface area (Å²) in [6, 6.07) is -0.338. The van der Waals surface area contributed by atoms with Crippen molar-refractivity contribution in [1.82, 2.24) is 15.1 Å². The standard InChI is InChI=1S/C22H35N3O5/c1-4-9-22(20(28)25(21(29)23-22)14-17-6-5-12-30-17)16-7-10-24(11-8-16)19(27)18(26)13-15(2)3/h15-17H,4-14H2,1-3H3,(H,23,29)/t17-,22-/m0/s1. The zero-order valence-corrected chi connectivity index (χ0v) is 18.4. The van der Waals surface area contributed by atoms with Gasteiger partial charge in [0.1, 0.15) is 5.54 Å². The molecule has 0 aromatic heterocycles. The minimum atomic E-state index is -0.915. The van der Waals surface area contributed by atoms with E-state index in [9.17, 15) is 19.2 Å². The third-order valence-corrected chi connectivity index (χ3v) is 6.57. The smallest absolute Gasteiger partial charge is 0.325 e. The monoisotopic (exact) mass is 421 g/mol. The van der Waals surface area contributed by atoms with Crippen LogP contribution in [0.2, 0.25) is 0 Å². The lowest BCUT2D eigenvalue weighted by molar-refractivity contribution is -0.146. The van der Waals surface area contributed by atoms with Gasteiger partial charge in [-0.25, -0.2) is 4.79 Å². The summed E-state index contributed by atoms with van der Waals surface area (Å²) in [7, 11) is 0. The van der Waals surface area contributed by atoms with Gasteiger partial charge >= 0.3 is 6.03 Å². The van der Waals surface area contributed by atoms with Crippen LogP contribution in [0, 0.1) is 11.8 Å². The summed E-state index contributed by atoms with van der Waals surface area (Å²) >= 11 is 0. The molecule has 0 spiro atoms. The highest BCUT2D eigenvalue weighted by molar-refractivity contribution is 6.36. The molecule has 3 rings (SSSR count). The molecule has 0 aromatic carbocycles. The third-order valence-electron chi connectivity index (χ3n) is 6.57. The minimum Gasteiger partial charge on any atom is -0.376 e. The number of urea groups is 1. The second-order valence-electron chi connectivity index (χ2n) is 9.29. The predicted octanol–water partition coefficient (Wildman–Crippen LogP) is 2.11. The lowest BCUT2D eigenvalue weighted by atomic mass is 9.74. The molecule has 0 radical (unpaired) electrons. The number of ketones is 1. The first-order valence-electron chi connectivity index (χ1n) is 11.4. The Labute approximate surface area is 178 Å². The molecule has 4 amide bonds. The summed E-state index contributed by atoms with van der Waals surface area (Å²) in [4.78, 5) is 53.6. The summed E-state index contributed by atoms with van der Waals surface area (Å²) in [5.41, 5.74) is -0.915. The Morgan fingerprint density at radius 2 is 1.90 bits per heavy atom. The van der Waals surface area contributed by atoms with Gasteiger partial charge in [-0.2, -0.15) is 0 Å². The maximum absolute atomic E-state index is 13.4. The number of nitrogens with zero attached hydrogens (tertiary/aromatic N) is 2. The van der Waals surface area contributed by atoms with Crippen molar-refractivity contribution in [2.75, 3.05) is 26.2 Å². The molecule has 0 unspecified atom stereocenters. The number of hydrogen-bond donors (Lipinski definition) is 1. The lowest BCUT2D eigenvalue weighted by Gasteiger charge is -2.40. The van der Waals surface area contributed by atoms with E-state index in [1.165, 1.54) is 4.90 Å². The van der Waals surface area contributed by atoms with Gasteiger partial charge in [0.05, 0.1) is 12.6 Å². The van der Waals surface area contributed by atoms with E-state index in [1.807, 2.05) is 20.8 Å². The third kappa shape index (κ3) is 4.53. The molecule has 3 heterocycles. The van der Waals surface area contributed by atoms with Gasteiger partial charge in [-0.05, 0) is 43.9 Å². The van der Waals surface area contributed by atoms with Crippen LogP contribution in [0.3, 0.4) is 0 Å². The molecule has 3 fully saturated rings. The Kier molecular flexibility index (Phi) is 7.16. The van der Waals surface area contributed by atoms with Gasteiger partial charge in [-0.3, -0.25) is 19.3 Å². The number of carbonyl (C=O) groups excluding carboxylic acids is 4. The zero-order valence-electron chi connectivity index (χ0n) is 18.4. The molecule has 8 heteroatoms. The van der Waals surface area contributed by atoms with Crippen molar-refractivity contribution in [2.24, 2.45) is 11.8 Å². The van der Waals surface area contributed by atoms with Crippen LogP contribution >= 0.6 is 0 Å². The average Bonchev–Trinajstić information content (AvgIpc) is 3.30. The zero-order chi connectivity index (χ0) is 21.9. The maximum Gasteiger partial charge on any atom is 0.325 e. The normalized spacial score (nSPS) is 27.8. The van der Waals surface area contributed by atoms with Gasteiger partial charge in [0.25, 0.3) is 11.8 Å². The summed E-state index contributed by atoms with van der Waals surface area (Å²) in [5.74, 6) is -0.834. The summed E-state index contributed by atoms with van der Waals surface area (Å²) in [6.07, 6.45) is 4.53. The van der Waals surface area contributed by atoms with Crippen molar-refractivity contribution < 1.29 is 23.9 Å². The molecule has 0 aromatic rings. The Hall–Kier alpha value is -1.96. The van der Waals surface area contributed by atoms with E-state index in [0.29, 0.717) is 45.5 Å². The first-order chi connectivity index (χ1) is 14.3. The minimum absolute atomic E-state index is 0.0485. The number of rotatable bonds is 8. The number of amides is 4. The number of piperidine rings is 1. The molecule has 2 atom stereocenters. The van der Waals surface area contributed by atoms with E-state index < -0.39 is 11.4 Å². The quantitative estimate of drug-likeness (QED) is 0.478. The van der Waals surface area contributed by atoms with E-state index in [4.69, 9.17) is 4.74 Å². The highest BCUT2D eigenvalue weighted by Gasteiger charge is 2.55. The lowest BCUT2D eigenvalue weighted by Crippen LogP contribution is -2.57. The highest BCUT2D eigenvalue weighted by Crippen LogP contribution is 2.37. The van der Waals surface area contributed by atoms with Gasteiger partial charge in [0.15, 0.2) is 0 Å². The molecule has 3 saturated heterocycles. The van der Waals surface area contributed by atoms with Crippen molar-refractivity contribution >= 4 is 23.6 Å². The van der Waals surface area contributed by atoms with E-state index in [0.717, 1.165) is 19.3 Å². The van der Waals surface area contributed by atoms with E-state index in [-0.39, 0.29) is 42.1 Å². The van der Waals surface area contributed by atoms with E-state index >= 15 is 0 Å². The van der Waals surface area contributed by atoms with Gasteiger partial charge in [0, 0.05) is 26.1 Å². The van der Waals surface area contributed by atoms with Gasteiger partial charge < -0.3 is 15.0 Å². The van der Waals surface area contributed by atoms with Gasteiger partial charge in [0.2, 0.25) is 5.78 Å². The molecule has 0 saturated carbocycles. The number of likely N-dealkylation sites (tertiary alicyclic amines) is 1. The first-order valence-corrected chi connectivity index (χ1v) is 11.4. The Balaban J connectivity index is 1.66.